The zero-order valence-corrected chi connectivity index (χ0v) is 18.4. The smallest absolute Gasteiger partial charge is 0.165 e. The Balaban J connectivity index is 1.53. The summed E-state index contributed by atoms with van der Waals surface area (Å²) in [5.74, 6) is 0.783. The second-order valence-corrected chi connectivity index (χ2v) is 8.02. The van der Waals surface area contributed by atoms with Gasteiger partial charge in [0.1, 0.15) is 5.82 Å². The van der Waals surface area contributed by atoms with Crippen LogP contribution >= 0.6 is 0 Å². The Morgan fingerprint density at radius 3 is 2.09 bits per heavy atom. The molecule has 0 aliphatic rings. The summed E-state index contributed by atoms with van der Waals surface area (Å²) in [6.07, 6.45) is 0. The third-order valence-corrected chi connectivity index (χ3v) is 5.53. The molecule has 0 radical (unpaired) electrons. The van der Waals surface area contributed by atoms with E-state index in [9.17, 15) is 0 Å². The number of benzene rings is 3. The highest BCUT2D eigenvalue weighted by Gasteiger charge is 2.15. The van der Waals surface area contributed by atoms with E-state index in [-0.39, 0.29) is 0 Å². The molecule has 0 unspecified atom stereocenters. The van der Waals surface area contributed by atoms with Crippen LogP contribution < -0.4 is 10.6 Å². The van der Waals surface area contributed by atoms with Crippen LogP contribution in [0.4, 0.5) is 22.9 Å². The highest BCUT2D eigenvalue weighted by atomic mass is 15.3. The first-order valence-electron chi connectivity index (χ1n) is 10.7. The van der Waals surface area contributed by atoms with Gasteiger partial charge in [-0.3, -0.25) is 0 Å². The Bertz CT molecular complexity index is 1390. The number of hydrogen-bond donors (Lipinski definition) is 2. The second kappa shape index (κ2) is 8.19. The predicted molar refractivity (Wildman–Crippen MR) is 133 cm³/mol. The molecule has 0 amide bonds. The van der Waals surface area contributed by atoms with Crippen molar-refractivity contribution in [2.24, 2.45) is 0 Å². The predicted octanol–water partition coefficient (Wildman–Crippen LogP) is 6.83. The first kappa shape index (κ1) is 19.8. The molecular weight excluding hydrogens is 394 g/mol. The lowest BCUT2D eigenvalue weighted by Crippen LogP contribution is -2.02. The average molecular weight is 420 g/mol. The topological polar surface area (TPSA) is 54.8 Å². The maximum absolute atomic E-state index is 4.95. The molecule has 0 fully saturated rings. The van der Waals surface area contributed by atoms with Gasteiger partial charge in [-0.25, -0.2) is 9.67 Å². The van der Waals surface area contributed by atoms with Gasteiger partial charge in [-0.15, -0.1) is 0 Å². The van der Waals surface area contributed by atoms with Gasteiger partial charge in [0.15, 0.2) is 5.65 Å². The van der Waals surface area contributed by atoms with Gasteiger partial charge in [0.25, 0.3) is 0 Å². The molecule has 0 aliphatic carbocycles. The van der Waals surface area contributed by atoms with Gasteiger partial charge in [0.2, 0.25) is 0 Å². The molecule has 0 aliphatic heterocycles. The van der Waals surface area contributed by atoms with Gasteiger partial charge in [0.05, 0.1) is 22.8 Å². The first-order chi connectivity index (χ1) is 15.6. The minimum absolute atomic E-state index is 0.783. The fourth-order valence-electron chi connectivity index (χ4n) is 3.95. The van der Waals surface area contributed by atoms with Crippen LogP contribution in [0.5, 0.6) is 0 Å². The van der Waals surface area contributed by atoms with Crippen LogP contribution in [0.15, 0.2) is 84.9 Å². The molecule has 5 rings (SSSR count). The maximum Gasteiger partial charge on any atom is 0.165 e. The molecule has 5 aromatic rings. The standard InChI is InChI=1S/C27H25N5/c1-18-13-15-21(16-14-18)28-23-11-7-8-12-24(23)29-25-17-19(2)26-20(3)31-32(27(26)30-25)22-9-5-4-6-10-22/h4-17,28H,1-3H3,(H,29,30). The Kier molecular flexibility index (Phi) is 5.07. The van der Waals surface area contributed by atoms with E-state index >= 15 is 0 Å². The Morgan fingerprint density at radius 1 is 0.719 bits per heavy atom. The molecule has 0 saturated carbocycles. The number of pyridine rings is 1. The average Bonchev–Trinajstić information content (AvgIpc) is 3.14. The van der Waals surface area contributed by atoms with Crippen molar-refractivity contribution >= 4 is 33.9 Å². The molecular formula is C27H25N5. The van der Waals surface area contributed by atoms with E-state index in [0.29, 0.717) is 0 Å². The monoisotopic (exact) mass is 419 g/mol. The van der Waals surface area contributed by atoms with E-state index in [0.717, 1.165) is 50.9 Å². The van der Waals surface area contributed by atoms with E-state index in [1.807, 2.05) is 54.1 Å². The van der Waals surface area contributed by atoms with Crippen LogP contribution in [0.3, 0.4) is 0 Å². The van der Waals surface area contributed by atoms with E-state index in [1.54, 1.807) is 0 Å². The first-order valence-corrected chi connectivity index (χ1v) is 10.7. The van der Waals surface area contributed by atoms with Crippen molar-refractivity contribution in [2.75, 3.05) is 10.6 Å². The van der Waals surface area contributed by atoms with Crippen molar-refractivity contribution in [3.63, 3.8) is 0 Å². The Labute approximate surface area is 187 Å². The summed E-state index contributed by atoms with van der Waals surface area (Å²) >= 11 is 0. The number of aryl methyl sites for hydroxylation is 3. The Hall–Kier alpha value is -4.12. The van der Waals surface area contributed by atoms with E-state index in [4.69, 9.17) is 10.1 Å². The Morgan fingerprint density at radius 2 is 1.38 bits per heavy atom. The number of nitrogens with zero attached hydrogens (tertiary/aromatic N) is 3. The van der Waals surface area contributed by atoms with Crippen molar-refractivity contribution in [2.45, 2.75) is 20.8 Å². The number of para-hydroxylation sites is 3. The van der Waals surface area contributed by atoms with Crippen LogP contribution in [-0.2, 0) is 0 Å². The van der Waals surface area contributed by atoms with Crippen LogP contribution in [0, 0.1) is 20.8 Å². The summed E-state index contributed by atoms with van der Waals surface area (Å²) in [6, 6.07) is 28.7. The summed E-state index contributed by atoms with van der Waals surface area (Å²) in [4.78, 5) is 4.95. The number of rotatable bonds is 5. The molecule has 0 spiro atoms. The number of hydrogen-bond acceptors (Lipinski definition) is 4. The minimum atomic E-state index is 0.783. The lowest BCUT2D eigenvalue weighted by Gasteiger charge is -2.14. The highest BCUT2D eigenvalue weighted by Crippen LogP contribution is 2.31. The quantitative estimate of drug-likeness (QED) is 0.328. The number of anilines is 4. The fourth-order valence-corrected chi connectivity index (χ4v) is 3.95. The molecule has 3 aromatic carbocycles. The van der Waals surface area contributed by atoms with Crippen molar-refractivity contribution in [1.29, 1.82) is 0 Å². The van der Waals surface area contributed by atoms with Crippen molar-refractivity contribution in [1.82, 2.24) is 14.8 Å². The lowest BCUT2D eigenvalue weighted by molar-refractivity contribution is 0.878. The SMILES string of the molecule is Cc1ccc(Nc2ccccc2Nc2cc(C)c3c(C)nn(-c4ccccc4)c3n2)cc1. The van der Waals surface area contributed by atoms with Crippen LogP contribution in [-0.4, -0.2) is 14.8 Å². The molecule has 5 heteroatoms. The van der Waals surface area contributed by atoms with Crippen LogP contribution in [0.2, 0.25) is 0 Å². The molecule has 0 atom stereocenters. The molecule has 5 nitrogen and oxygen atoms in total. The van der Waals surface area contributed by atoms with E-state index in [2.05, 4.69) is 66.9 Å². The zero-order chi connectivity index (χ0) is 22.1. The summed E-state index contributed by atoms with van der Waals surface area (Å²) in [5, 5.41) is 12.9. The molecule has 158 valence electrons. The summed E-state index contributed by atoms with van der Waals surface area (Å²) in [7, 11) is 0. The van der Waals surface area contributed by atoms with E-state index in [1.165, 1.54) is 5.56 Å². The summed E-state index contributed by atoms with van der Waals surface area (Å²) in [6.45, 7) is 6.23. The number of nitrogens with one attached hydrogen (secondary N) is 2. The highest BCUT2D eigenvalue weighted by molar-refractivity contribution is 5.86. The summed E-state index contributed by atoms with van der Waals surface area (Å²) < 4.78 is 1.92. The van der Waals surface area contributed by atoms with Gasteiger partial charge in [-0.05, 0) is 68.8 Å². The van der Waals surface area contributed by atoms with Crippen molar-refractivity contribution in [3.05, 3.63) is 102 Å². The molecule has 32 heavy (non-hydrogen) atoms. The van der Waals surface area contributed by atoms with Gasteiger partial charge in [-0.2, -0.15) is 5.10 Å². The largest absolute Gasteiger partial charge is 0.354 e. The number of fused-ring (bicyclic) bond motifs is 1. The second-order valence-electron chi connectivity index (χ2n) is 8.02. The van der Waals surface area contributed by atoms with Gasteiger partial charge in [0, 0.05) is 11.1 Å². The molecule has 0 bridgehead atoms. The minimum Gasteiger partial charge on any atom is -0.354 e. The maximum atomic E-state index is 4.95. The lowest BCUT2D eigenvalue weighted by atomic mass is 10.1. The van der Waals surface area contributed by atoms with Gasteiger partial charge < -0.3 is 10.6 Å². The molecule has 2 aromatic heterocycles. The normalized spacial score (nSPS) is 11.0. The van der Waals surface area contributed by atoms with Crippen molar-refractivity contribution < 1.29 is 0 Å². The van der Waals surface area contributed by atoms with Crippen LogP contribution in [0.25, 0.3) is 16.7 Å². The van der Waals surface area contributed by atoms with Crippen LogP contribution in [0.1, 0.15) is 16.8 Å². The van der Waals surface area contributed by atoms with Gasteiger partial charge >= 0.3 is 0 Å². The molecule has 2 N–H and O–H groups in total. The summed E-state index contributed by atoms with van der Waals surface area (Å²) in [5.41, 5.74) is 8.19. The van der Waals surface area contributed by atoms with E-state index < -0.39 is 0 Å². The van der Waals surface area contributed by atoms with Gasteiger partial charge in [-0.1, -0.05) is 48.0 Å². The third-order valence-electron chi connectivity index (χ3n) is 5.53. The molecule has 2 heterocycles. The fraction of sp³-hybridized carbons (Fsp3) is 0.111. The zero-order valence-electron chi connectivity index (χ0n) is 18.4. The third kappa shape index (κ3) is 3.81. The molecule has 0 saturated heterocycles. The van der Waals surface area contributed by atoms with Crippen molar-refractivity contribution in [3.8, 4) is 5.69 Å². The number of aromatic nitrogens is 3.